The van der Waals surface area contributed by atoms with E-state index < -0.39 is 86.8 Å². The lowest BCUT2D eigenvalue weighted by Crippen LogP contribution is -2.65. The Morgan fingerprint density at radius 2 is 0.886 bits per heavy atom. The summed E-state index contributed by atoms with van der Waals surface area (Å²) in [5, 5.41) is 87.1. The molecule has 2 aliphatic rings. The van der Waals surface area contributed by atoms with Crippen molar-refractivity contribution >= 4 is 5.91 Å². The fraction of sp³-hybridized carbons (Fsp3) is 0.708. The number of carbonyl (C=O) groups excluding carboxylic acids is 1. The number of rotatable bonds is 47. The van der Waals surface area contributed by atoms with Gasteiger partial charge in [-0.05, 0) is 96.3 Å². The lowest BCUT2D eigenvalue weighted by Gasteiger charge is -2.46. The first kappa shape index (κ1) is 71.8. The molecular weight excluding hydrogens is 1000 g/mol. The van der Waals surface area contributed by atoms with Crippen LogP contribution in [-0.4, -0.2) is 140 Å². The topological polar surface area (TPSA) is 228 Å². The normalized spacial score (nSPS) is 25.2. The van der Waals surface area contributed by atoms with E-state index in [0.717, 1.165) is 89.9 Å². The summed E-state index contributed by atoms with van der Waals surface area (Å²) < 4.78 is 22.7. The number of carbonyl (C=O) groups is 1. The Labute approximate surface area is 476 Å². The van der Waals surface area contributed by atoms with Crippen molar-refractivity contribution in [3.8, 4) is 0 Å². The van der Waals surface area contributed by atoms with Crippen molar-refractivity contribution in [2.45, 2.75) is 274 Å². The van der Waals surface area contributed by atoms with Gasteiger partial charge in [0.05, 0.1) is 32.0 Å². The number of aliphatic hydroxyl groups is 8. The number of hydrogen-bond donors (Lipinski definition) is 9. The average Bonchev–Trinajstić information content (AvgIpc) is 3.47. The molecule has 2 saturated heterocycles. The van der Waals surface area contributed by atoms with Gasteiger partial charge in [0.15, 0.2) is 12.6 Å². The molecule has 0 aromatic carbocycles. The number of amides is 1. The molecule has 14 nitrogen and oxygen atoms in total. The van der Waals surface area contributed by atoms with Crippen molar-refractivity contribution in [3.05, 3.63) is 109 Å². The highest BCUT2D eigenvalue weighted by molar-refractivity contribution is 5.76. The number of hydrogen-bond acceptors (Lipinski definition) is 13. The van der Waals surface area contributed by atoms with E-state index in [-0.39, 0.29) is 18.9 Å². The van der Waals surface area contributed by atoms with Gasteiger partial charge >= 0.3 is 0 Å². The molecule has 79 heavy (non-hydrogen) atoms. The fourth-order valence-corrected chi connectivity index (χ4v) is 9.27. The van der Waals surface area contributed by atoms with E-state index in [0.29, 0.717) is 12.8 Å². The van der Waals surface area contributed by atoms with Gasteiger partial charge in [-0.1, -0.05) is 207 Å². The van der Waals surface area contributed by atoms with Crippen LogP contribution in [0.15, 0.2) is 109 Å². The molecule has 12 atom stereocenters. The van der Waals surface area contributed by atoms with Gasteiger partial charge in [-0.2, -0.15) is 0 Å². The maximum Gasteiger partial charge on any atom is 0.220 e. The van der Waals surface area contributed by atoms with E-state index in [9.17, 15) is 45.6 Å². The van der Waals surface area contributed by atoms with Gasteiger partial charge in [0, 0.05) is 6.42 Å². The zero-order chi connectivity index (χ0) is 57.4. The summed E-state index contributed by atoms with van der Waals surface area (Å²) in [6.45, 7) is 2.63. The molecular formula is C65H109NO13. The van der Waals surface area contributed by atoms with Crippen LogP contribution in [-0.2, 0) is 23.7 Å². The van der Waals surface area contributed by atoms with Gasteiger partial charge in [-0.3, -0.25) is 4.79 Å². The van der Waals surface area contributed by atoms with Crippen LogP contribution in [0.25, 0.3) is 0 Å². The highest BCUT2D eigenvalue weighted by atomic mass is 16.7. The van der Waals surface area contributed by atoms with Crippen LogP contribution in [0, 0.1) is 0 Å². The molecule has 2 rings (SSSR count). The Morgan fingerprint density at radius 1 is 0.468 bits per heavy atom. The number of nitrogens with one attached hydrogen (secondary N) is 1. The van der Waals surface area contributed by atoms with Crippen LogP contribution < -0.4 is 5.32 Å². The third kappa shape index (κ3) is 34.6. The van der Waals surface area contributed by atoms with E-state index in [1.165, 1.54) is 77.0 Å². The molecule has 1 amide bonds. The van der Waals surface area contributed by atoms with Crippen LogP contribution in [0.3, 0.4) is 0 Å². The molecule has 0 radical (unpaired) electrons. The summed E-state index contributed by atoms with van der Waals surface area (Å²) in [5.41, 5.74) is 0. The Hall–Kier alpha value is -3.35. The minimum Gasteiger partial charge on any atom is -0.394 e. The first-order valence-corrected chi connectivity index (χ1v) is 30.6. The molecule has 452 valence electrons. The van der Waals surface area contributed by atoms with Crippen LogP contribution in [0.2, 0.25) is 0 Å². The maximum absolute atomic E-state index is 13.3. The molecule has 14 heteroatoms. The third-order valence-electron chi connectivity index (χ3n) is 14.2. The Kier molecular flexibility index (Phi) is 44.8. The fourth-order valence-electron chi connectivity index (χ4n) is 9.27. The number of unbranched alkanes of at least 4 members (excludes halogenated alkanes) is 18. The SMILES string of the molecule is CC/C=C\C/C=C\C/C=C\C/C=C\C/C=C\C/C=C\CCCCCCC(=O)NC(COC1OC(CO)C(OC2OC(CO)C(O)C(O)C2O)C(O)C1O)C(O)/C=C/CC/C=C/CC/C=C/CCCCCCCCCCCCCC. The van der Waals surface area contributed by atoms with Crippen molar-refractivity contribution in [1.82, 2.24) is 5.32 Å². The quantitative estimate of drug-likeness (QED) is 0.0204. The van der Waals surface area contributed by atoms with Crippen LogP contribution in [0.5, 0.6) is 0 Å². The summed E-state index contributed by atoms with van der Waals surface area (Å²) in [6.07, 6.45) is 52.6. The van der Waals surface area contributed by atoms with E-state index >= 15 is 0 Å². The maximum atomic E-state index is 13.3. The Bertz CT molecular complexity index is 1740. The van der Waals surface area contributed by atoms with Crippen molar-refractivity contribution in [2.75, 3.05) is 19.8 Å². The summed E-state index contributed by atoms with van der Waals surface area (Å²) in [7, 11) is 0. The van der Waals surface area contributed by atoms with Gasteiger partial charge in [0.1, 0.15) is 48.8 Å². The van der Waals surface area contributed by atoms with Gasteiger partial charge in [-0.15, -0.1) is 0 Å². The number of allylic oxidation sites excluding steroid dienone is 17. The van der Waals surface area contributed by atoms with E-state index in [1.54, 1.807) is 6.08 Å². The predicted molar refractivity (Wildman–Crippen MR) is 318 cm³/mol. The van der Waals surface area contributed by atoms with Crippen molar-refractivity contribution in [1.29, 1.82) is 0 Å². The van der Waals surface area contributed by atoms with Crippen LogP contribution in [0.1, 0.15) is 200 Å². The van der Waals surface area contributed by atoms with Crippen LogP contribution >= 0.6 is 0 Å². The second kappa shape index (κ2) is 49.3. The summed E-state index contributed by atoms with van der Waals surface area (Å²) in [4.78, 5) is 13.3. The second-order valence-electron chi connectivity index (χ2n) is 21.1. The van der Waals surface area contributed by atoms with E-state index in [2.05, 4.69) is 116 Å². The lowest BCUT2D eigenvalue weighted by atomic mass is 9.97. The number of ether oxygens (including phenoxy) is 4. The molecule has 0 aromatic rings. The van der Waals surface area contributed by atoms with Gasteiger partial charge in [-0.25, -0.2) is 0 Å². The standard InChI is InChI=1S/C65H109NO13/c1-3-5-7-9-11-13-15-17-19-21-23-25-27-29-31-33-35-37-39-41-43-45-47-49-57(70)66-53(52-76-64-62(75)60(73)63(56(51-68)78-64)79-65-61(74)59(72)58(71)55(50-67)77-65)54(69)48-46-44-42-40-38-36-34-32-30-28-26-24-22-20-18-16-14-12-10-8-6-4-2/h5,7,11,13,17,19,23,25,29-32,35,37-38,40,46,48,53-56,58-65,67-69,71-75H,3-4,6,8-10,12,14-16,18,20-22,24,26-28,33-34,36,39,41-45,47,49-52H2,1-2H3,(H,66,70)/b7-5-,13-11-,19-17-,25-23-,31-29-,32-30+,37-35-,40-38+,48-46+. The first-order chi connectivity index (χ1) is 38.6. The largest absolute Gasteiger partial charge is 0.394 e. The molecule has 12 unspecified atom stereocenters. The number of aliphatic hydroxyl groups excluding tert-OH is 8. The summed E-state index contributed by atoms with van der Waals surface area (Å²) in [6, 6.07) is -0.960. The molecule has 0 saturated carbocycles. The Morgan fingerprint density at radius 3 is 1.39 bits per heavy atom. The third-order valence-corrected chi connectivity index (χ3v) is 14.2. The van der Waals surface area contributed by atoms with Gasteiger partial charge in [0.25, 0.3) is 0 Å². The molecule has 2 fully saturated rings. The average molecular weight is 1110 g/mol. The highest BCUT2D eigenvalue weighted by Crippen LogP contribution is 2.30. The molecule has 0 bridgehead atoms. The molecule has 0 spiro atoms. The van der Waals surface area contributed by atoms with Crippen molar-refractivity contribution < 1.29 is 64.6 Å². The van der Waals surface area contributed by atoms with E-state index in [4.69, 9.17) is 18.9 Å². The molecule has 2 aliphatic heterocycles. The van der Waals surface area contributed by atoms with Crippen molar-refractivity contribution in [2.24, 2.45) is 0 Å². The smallest absolute Gasteiger partial charge is 0.220 e. The first-order valence-electron chi connectivity index (χ1n) is 30.6. The minimum atomic E-state index is -1.80. The van der Waals surface area contributed by atoms with Gasteiger partial charge in [0.2, 0.25) is 5.91 Å². The van der Waals surface area contributed by atoms with Gasteiger partial charge < -0.3 is 65.1 Å². The predicted octanol–water partition coefficient (Wildman–Crippen LogP) is 10.8. The molecule has 2 heterocycles. The highest BCUT2D eigenvalue weighted by Gasteiger charge is 2.51. The zero-order valence-electron chi connectivity index (χ0n) is 48.6. The van der Waals surface area contributed by atoms with Crippen LogP contribution in [0.4, 0.5) is 0 Å². The Balaban J connectivity index is 1.81. The molecule has 0 aliphatic carbocycles. The summed E-state index contributed by atoms with van der Waals surface area (Å²) >= 11 is 0. The lowest BCUT2D eigenvalue weighted by molar-refractivity contribution is -0.359. The monoisotopic (exact) mass is 1110 g/mol. The minimum absolute atomic E-state index is 0.233. The second-order valence-corrected chi connectivity index (χ2v) is 21.1. The van der Waals surface area contributed by atoms with Crippen molar-refractivity contribution in [3.63, 3.8) is 0 Å². The summed E-state index contributed by atoms with van der Waals surface area (Å²) in [5.74, 6) is -0.282. The zero-order valence-corrected chi connectivity index (χ0v) is 48.6. The van der Waals surface area contributed by atoms with E-state index in [1.807, 2.05) is 6.08 Å². The molecule has 0 aromatic heterocycles. The molecule has 9 N–H and O–H groups in total.